The van der Waals surface area contributed by atoms with E-state index < -0.39 is 18.4 Å². The number of aliphatic carboxylic acids is 1. The van der Waals surface area contributed by atoms with Crippen LogP contribution in [0.2, 0.25) is 0 Å². The molecule has 0 fully saturated rings. The average Bonchev–Trinajstić information content (AvgIpc) is 2.55. The number of anilines is 1. The third-order valence-corrected chi connectivity index (χ3v) is 3.05. The summed E-state index contributed by atoms with van der Waals surface area (Å²) in [5.41, 5.74) is 0.468. The first kappa shape index (κ1) is 19.1. The monoisotopic (exact) mass is 335 g/mol. The number of nitrogens with one attached hydrogen (secondary N) is 2. The van der Waals surface area contributed by atoms with Gasteiger partial charge < -0.3 is 20.6 Å². The van der Waals surface area contributed by atoms with Gasteiger partial charge in [-0.2, -0.15) is 0 Å². The van der Waals surface area contributed by atoms with Gasteiger partial charge in [-0.15, -0.1) is 0 Å². The van der Waals surface area contributed by atoms with Gasteiger partial charge in [-0.1, -0.05) is 18.2 Å². The fourth-order valence-electron chi connectivity index (χ4n) is 1.95. The van der Waals surface area contributed by atoms with Gasteiger partial charge in [0.25, 0.3) is 0 Å². The normalized spacial score (nSPS) is 9.88. The molecule has 8 heteroatoms. The lowest BCUT2D eigenvalue weighted by molar-refractivity contribution is -0.136. The molecule has 0 bridgehead atoms. The van der Waals surface area contributed by atoms with Crippen LogP contribution in [0.4, 0.5) is 5.69 Å². The SMILES string of the molecule is CC(=O)NCCNC(=O)CCC(=O)N(CC(=O)O)c1ccccc1. The Labute approximate surface area is 139 Å². The van der Waals surface area contributed by atoms with E-state index in [9.17, 15) is 19.2 Å². The number of amides is 3. The Kier molecular flexibility index (Phi) is 7.97. The van der Waals surface area contributed by atoms with Gasteiger partial charge in [0.05, 0.1) is 0 Å². The largest absolute Gasteiger partial charge is 0.480 e. The molecule has 0 atom stereocenters. The highest BCUT2D eigenvalue weighted by Crippen LogP contribution is 2.14. The maximum absolute atomic E-state index is 12.2. The first-order chi connectivity index (χ1) is 11.4. The van der Waals surface area contributed by atoms with Crippen LogP contribution in [-0.4, -0.2) is 48.4 Å². The van der Waals surface area contributed by atoms with E-state index in [1.165, 1.54) is 6.92 Å². The van der Waals surface area contributed by atoms with E-state index in [1.807, 2.05) is 0 Å². The number of para-hydroxylation sites is 1. The van der Waals surface area contributed by atoms with Crippen LogP contribution in [0.25, 0.3) is 0 Å². The van der Waals surface area contributed by atoms with E-state index in [0.717, 1.165) is 4.90 Å². The molecule has 130 valence electrons. The van der Waals surface area contributed by atoms with Gasteiger partial charge in [0.15, 0.2) is 0 Å². The van der Waals surface area contributed by atoms with Gasteiger partial charge in [-0.25, -0.2) is 0 Å². The number of carboxylic acid groups (broad SMARTS) is 1. The zero-order chi connectivity index (χ0) is 17.9. The number of nitrogens with zero attached hydrogens (tertiary/aromatic N) is 1. The van der Waals surface area contributed by atoms with Gasteiger partial charge in [0, 0.05) is 38.5 Å². The maximum Gasteiger partial charge on any atom is 0.323 e. The van der Waals surface area contributed by atoms with Crippen molar-refractivity contribution in [2.75, 3.05) is 24.5 Å². The Bertz CT molecular complexity index is 589. The maximum atomic E-state index is 12.2. The highest BCUT2D eigenvalue weighted by atomic mass is 16.4. The molecule has 1 rings (SSSR count). The molecule has 0 saturated carbocycles. The number of carbonyl (C=O) groups is 4. The van der Waals surface area contributed by atoms with Gasteiger partial charge in [0.2, 0.25) is 17.7 Å². The number of carboxylic acids is 1. The zero-order valence-electron chi connectivity index (χ0n) is 13.4. The standard InChI is InChI=1S/C16H21N3O5/c1-12(20)17-9-10-18-14(21)7-8-15(22)19(11-16(23)24)13-5-3-2-4-6-13/h2-6H,7-11H2,1H3,(H,17,20)(H,18,21)(H,23,24). The Morgan fingerprint density at radius 2 is 1.62 bits per heavy atom. The molecule has 1 aromatic rings. The Morgan fingerprint density at radius 1 is 1.00 bits per heavy atom. The third-order valence-electron chi connectivity index (χ3n) is 3.05. The zero-order valence-corrected chi connectivity index (χ0v) is 13.4. The molecule has 1 aromatic carbocycles. The summed E-state index contributed by atoms with van der Waals surface area (Å²) in [5.74, 6) is -2.10. The predicted molar refractivity (Wildman–Crippen MR) is 87.4 cm³/mol. The molecule has 8 nitrogen and oxygen atoms in total. The van der Waals surface area contributed by atoms with E-state index >= 15 is 0 Å². The summed E-state index contributed by atoms with van der Waals surface area (Å²) in [6.07, 6.45) is -0.157. The molecular weight excluding hydrogens is 314 g/mol. The van der Waals surface area contributed by atoms with Crippen molar-refractivity contribution >= 4 is 29.4 Å². The molecule has 0 spiro atoms. The fraction of sp³-hybridized carbons (Fsp3) is 0.375. The quantitative estimate of drug-likeness (QED) is 0.555. The van der Waals surface area contributed by atoms with E-state index in [2.05, 4.69) is 10.6 Å². The highest BCUT2D eigenvalue weighted by Gasteiger charge is 2.19. The smallest absolute Gasteiger partial charge is 0.323 e. The minimum atomic E-state index is -1.13. The first-order valence-electron chi connectivity index (χ1n) is 7.48. The van der Waals surface area contributed by atoms with Crippen LogP contribution in [0.5, 0.6) is 0 Å². The highest BCUT2D eigenvalue weighted by molar-refractivity contribution is 5.98. The molecule has 24 heavy (non-hydrogen) atoms. The van der Waals surface area contributed by atoms with Gasteiger partial charge >= 0.3 is 5.97 Å². The third kappa shape index (κ3) is 7.39. The van der Waals surface area contributed by atoms with Crippen LogP contribution < -0.4 is 15.5 Å². The Hall–Kier alpha value is -2.90. The second kappa shape index (κ2) is 9.98. The number of hydrogen-bond donors (Lipinski definition) is 3. The molecule has 0 aliphatic carbocycles. The van der Waals surface area contributed by atoms with E-state index in [0.29, 0.717) is 12.2 Å². The van der Waals surface area contributed by atoms with Crippen molar-refractivity contribution < 1.29 is 24.3 Å². The first-order valence-corrected chi connectivity index (χ1v) is 7.48. The predicted octanol–water partition coefficient (Wildman–Crippen LogP) is 0.137. The second-order valence-corrected chi connectivity index (χ2v) is 5.04. The number of rotatable bonds is 9. The van der Waals surface area contributed by atoms with Crippen molar-refractivity contribution in [3.05, 3.63) is 30.3 Å². The second-order valence-electron chi connectivity index (χ2n) is 5.04. The molecule has 3 amide bonds. The topological polar surface area (TPSA) is 116 Å². The minimum Gasteiger partial charge on any atom is -0.480 e. The van der Waals surface area contributed by atoms with E-state index in [1.54, 1.807) is 30.3 Å². The Balaban J connectivity index is 2.49. The summed E-state index contributed by atoms with van der Waals surface area (Å²) in [4.78, 5) is 46.6. The lowest BCUT2D eigenvalue weighted by Gasteiger charge is -2.20. The molecule has 3 N–H and O–H groups in total. The van der Waals surface area contributed by atoms with Crippen LogP contribution in [-0.2, 0) is 19.2 Å². The molecule has 0 heterocycles. The van der Waals surface area contributed by atoms with E-state index in [-0.39, 0.29) is 31.2 Å². The van der Waals surface area contributed by atoms with Gasteiger partial charge in [0.1, 0.15) is 6.54 Å². The van der Waals surface area contributed by atoms with Crippen molar-refractivity contribution in [1.82, 2.24) is 10.6 Å². The summed E-state index contributed by atoms with van der Waals surface area (Å²) in [5, 5.41) is 14.1. The van der Waals surface area contributed by atoms with Gasteiger partial charge in [-0.3, -0.25) is 19.2 Å². The summed E-state index contributed by atoms with van der Waals surface area (Å²) in [7, 11) is 0. The molecule has 0 aromatic heterocycles. The van der Waals surface area contributed by atoms with Crippen LogP contribution >= 0.6 is 0 Å². The number of carbonyl (C=O) groups excluding carboxylic acids is 3. The molecule has 0 aliphatic heterocycles. The lowest BCUT2D eigenvalue weighted by atomic mass is 10.2. The van der Waals surface area contributed by atoms with Gasteiger partial charge in [-0.05, 0) is 12.1 Å². The Morgan fingerprint density at radius 3 is 2.21 bits per heavy atom. The number of benzene rings is 1. The van der Waals surface area contributed by atoms with Crippen LogP contribution in [0, 0.1) is 0 Å². The summed E-state index contributed by atoms with van der Waals surface area (Å²) >= 11 is 0. The van der Waals surface area contributed by atoms with Crippen LogP contribution in [0.1, 0.15) is 19.8 Å². The molecule has 0 aliphatic rings. The molecular formula is C16H21N3O5. The van der Waals surface area contributed by atoms with Crippen LogP contribution in [0.3, 0.4) is 0 Å². The van der Waals surface area contributed by atoms with Crippen molar-refractivity contribution in [2.45, 2.75) is 19.8 Å². The number of hydrogen-bond acceptors (Lipinski definition) is 4. The molecule has 0 saturated heterocycles. The van der Waals surface area contributed by atoms with Crippen molar-refractivity contribution in [1.29, 1.82) is 0 Å². The average molecular weight is 335 g/mol. The summed E-state index contributed by atoms with van der Waals surface area (Å²) in [6.45, 7) is 1.49. The van der Waals surface area contributed by atoms with Crippen LogP contribution in [0.15, 0.2) is 30.3 Å². The lowest BCUT2D eigenvalue weighted by Crippen LogP contribution is -2.37. The van der Waals surface area contributed by atoms with Crippen molar-refractivity contribution in [3.63, 3.8) is 0 Å². The van der Waals surface area contributed by atoms with E-state index in [4.69, 9.17) is 5.11 Å². The molecule has 0 unspecified atom stereocenters. The van der Waals surface area contributed by atoms with Crippen molar-refractivity contribution in [3.8, 4) is 0 Å². The van der Waals surface area contributed by atoms with Crippen molar-refractivity contribution in [2.24, 2.45) is 0 Å². The summed E-state index contributed by atoms with van der Waals surface area (Å²) in [6, 6.07) is 8.43. The fourth-order valence-corrected chi connectivity index (χ4v) is 1.95. The minimum absolute atomic E-state index is 0.0537. The summed E-state index contributed by atoms with van der Waals surface area (Å²) < 4.78 is 0. The molecule has 0 radical (unpaired) electrons.